The number of carbonyl (C=O) groups excluding carboxylic acids is 1. The first-order valence-corrected chi connectivity index (χ1v) is 16.5. The van der Waals surface area contributed by atoms with E-state index < -0.39 is 41.0 Å². The van der Waals surface area contributed by atoms with Crippen molar-refractivity contribution in [2.75, 3.05) is 63.2 Å². The number of benzene rings is 1. The first-order valence-electron chi connectivity index (χ1n) is 16.5. The Labute approximate surface area is 278 Å². The third-order valence-corrected chi connectivity index (χ3v) is 9.70. The lowest BCUT2D eigenvalue weighted by Crippen LogP contribution is -2.55. The monoisotopic (exact) mass is 674 g/mol. The second-order valence-corrected chi connectivity index (χ2v) is 13.5. The molecule has 3 aliphatic rings. The van der Waals surface area contributed by atoms with Gasteiger partial charge in [0.1, 0.15) is 5.82 Å². The number of aromatic nitrogens is 1. The first-order chi connectivity index (χ1) is 22.8. The molecule has 5 rings (SSSR count). The van der Waals surface area contributed by atoms with Crippen LogP contribution in [0.25, 0.3) is 0 Å². The number of rotatable bonds is 9. The molecule has 48 heavy (non-hydrogen) atoms. The van der Waals surface area contributed by atoms with Gasteiger partial charge in [-0.2, -0.15) is 18.4 Å². The lowest BCUT2D eigenvalue weighted by atomic mass is 9.74. The summed E-state index contributed by atoms with van der Waals surface area (Å²) >= 11 is 0. The number of ether oxygens (including phenoxy) is 1. The molecule has 2 aromatic rings. The van der Waals surface area contributed by atoms with E-state index >= 15 is 4.39 Å². The molecule has 1 saturated carbocycles. The number of amides is 1. The summed E-state index contributed by atoms with van der Waals surface area (Å²) in [6.07, 6.45) is 1.44. The number of hydrogen-bond acceptors (Lipinski definition) is 7. The molecule has 2 aliphatic heterocycles. The number of halogens is 5. The van der Waals surface area contributed by atoms with Crippen molar-refractivity contribution in [2.24, 2.45) is 5.41 Å². The van der Waals surface area contributed by atoms with Crippen LogP contribution in [0, 0.1) is 22.6 Å². The third kappa shape index (κ3) is 7.86. The van der Waals surface area contributed by atoms with Crippen molar-refractivity contribution in [1.82, 2.24) is 14.8 Å². The molecule has 1 saturated heterocycles. The summed E-state index contributed by atoms with van der Waals surface area (Å²) in [6, 6.07) is 6.29. The minimum absolute atomic E-state index is 0.0273. The van der Waals surface area contributed by atoms with Gasteiger partial charge >= 0.3 is 6.18 Å². The zero-order valence-corrected chi connectivity index (χ0v) is 27.6. The van der Waals surface area contributed by atoms with Crippen LogP contribution in [-0.4, -0.2) is 80.2 Å². The van der Waals surface area contributed by atoms with E-state index in [2.05, 4.69) is 17.5 Å². The number of hydrogen-bond donors (Lipinski definition) is 0. The van der Waals surface area contributed by atoms with Crippen molar-refractivity contribution in [2.45, 2.75) is 70.1 Å². The molecule has 13 heteroatoms. The van der Waals surface area contributed by atoms with E-state index in [1.54, 1.807) is 0 Å². The molecule has 1 atom stereocenters. The van der Waals surface area contributed by atoms with Gasteiger partial charge in [0.25, 0.3) is 5.91 Å². The Kier molecular flexibility index (Phi) is 10.8. The van der Waals surface area contributed by atoms with Gasteiger partial charge in [0.2, 0.25) is 5.88 Å². The van der Waals surface area contributed by atoms with Gasteiger partial charge in [0.15, 0.2) is 5.83 Å². The standard InChI is InChI=1S/C35H43F5N6O2/c1-24(36)33(47)46-18-17-44(20-25(46)12-15-41)30-19-31(48-23-34(22-43(2)3)13-5-4-6-14-34)42-29-21-45(16-8-9-26(29)30)32-27(35(38,39)40)10-7-11-28(32)37/h7,10-11,19,25H,1,4-6,8-9,12-14,16-18,20-23H2,2-3H3/t25-/m0/s1. The Morgan fingerprint density at radius 2 is 1.90 bits per heavy atom. The average molecular weight is 675 g/mol. The topological polar surface area (TPSA) is 75.9 Å². The van der Waals surface area contributed by atoms with Crippen LogP contribution in [0.5, 0.6) is 5.88 Å². The lowest BCUT2D eigenvalue weighted by molar-refractivity contribution is -0.137. The summed E-state index contributed by atoms with van der Waals surface area (Å²) in [5.74, 6) is -2.60. The van der Waals surface area contributed by atoms with Crippen LogP contribution in [0.1, 0.15) is 61.8 Å². The summed E-state index contributed by atoms with van der Waals surface area (Å²) < 4.78 is 77.8. The second-order valence-electron chi connectivity index (χ2n) is 13.5. The predicted molar refractivity (Wildman–Crippen MR) is 173 cm³/mol. The smallest absolute Gasteiger partial charge is 0.418 e. The van der Waals surface area contributed by atoms with Crippen LogP contribution in [0.4, 0.5) is 33.3 Å². The Morgan fingerprint density at radius 1 is 1.15 bits per heavy atom. The Balaban J connectivity index is 1.54. The number of fused-ring (bicyclic) bond motifs is 1. The Hall–Kier alpha value is -3.92. The molecule has 0 radical (unpaired) electrons. The number of pyridine rings is 1. The maximum atomic E-state index is 15.2. The average Bonchev–Trinajstić information content (AvgIpc) is 3.25. The Bertz CT molecular complexity index is 1530. The van der Waals surface area contributed by atoms with Gasteiger partial charge in [-0.15, -0.1) is 0 Å². The highest BCUT2D eigenvalue weighted by Crippen LogP contribution is 2.42. The first kappa shape index (κ1) is 35.4. The van der Waals surface area contributed by atoms with Crippen LogP contribution in [0.3, 0.4) is 0 Å². The Morgan fingerprint density at radius 3 is 2.56 bits per heavy atom. The molecule has 3 heterocycles. The number of nitriles is 1. The van der Waals surface area contributed by atoms with Crippen LogP contribution in [0.2, 0.25) is 0 Å². The van der Waals surface area contributed by atoms with Crippen molar-refractivity contribution in [3.8, 4) is 11.9 Å². The highest BCUT2D eigenvalue weighted by molar-refractivity contribution is 5.91. The van der Waals surface area contributed by atoms with Gasteiger partial charge in [-0.25, -0.2) is 13.8 Å². The van der Waals surface area contributed by atoms with Gasteiger partial charge in [0, 0.05) is 49.9 Å². The molecule has 1 aliphatic carbocycles. The molecule has 260 valence electrons. The minimum Gasteiger partial charge on any atom is -0.477 e. The lowest BCUT2D eigenvalue weighted by Gasteiger charge is -2.42. The molecule has 0 N–H and O–H groups in total. The van der Waals surface area contributed by atoms with E-state index in [0.717, 1.165) is 68.1 Å². The van der Waals surface area contributed by atoms with Crippen molar-refractivity contribution in [1.29, 1.82) is 5.26 Å². The zero-order valence-electron chi connectivity index (χ0n) is 27.6. The molecule has 0 spiro atoms. The van der Waals surface area contributed by atoms with E-state index in [9.17, 15) is 27.6 Å². The zero-order chi connectivity index (χ0) is 34.6. The van der Waals surface area contributed by atoms with E-state index in [0.29, 0.717) is 37.6 Å². The largest absolute Gasteiger partial charge is 0.477 e. The summed E-state index contributed by atoms with van der Waals surface area (Å²) in [7, 11) is 4.06. The number of alkyl halides is 3. The maximum absolute atomic E-state index is 15.2. The number of anilines is 2. The van der Waals surface area contributed by atoms with Crippen LogP contribution in [-0.2, 0) is 23.9 Å². The summed E-state index contributed by atoms with van der Waals surface area (Å²) in [4.78, 5) is 24.3. The molecule has 0 bridgehead atoms. The fraction of sp³-hybridized carbons (Fsp3) is 0.571. The number of piperazine rings is 1. The van der Waals surface area contributed by atoms with Crippen LogP contribution >= 0.6 is 0 Å². The van der Waals surface area contributed by atoms with Gasteiger partial charge in [0.05, 0.1) is 48.6 Å². The molecule has 2 fully saturated rings. The van der Waals surface area contributed by atoms with Gasteiger partial charge in [-0.05, 0) is 57.5 Å². The van der Waals surface area contributed by atoms with E-state index in [-0.39, 0.29) is 38.0 Å². The molecule has 1 aromatic carbocycles. The van der Waals surface area contributed by atoms with Crippen LogP contribution < -0.4 is 14.5 Å². The molecular formula is C35H43F5N6O2. The fourth-order valence-corrected chi connectivity index (χ4v) is 7.63. The molecule has 8 nitrogen and oxygen atoms in total. The minimum atomic E-state index is -4.76. The number of para-hydroxylation sites is 1. The molecule has 1 aromatic heterocycles. The fourth-order valence-electron chi connectivity index (χ4n) is 7.63. The summed E-state index contributed by atoms with van der Waals surface area (Å²) in [5.41, 5.74) is 0.370. The molecule has 1 amide bonds. The second kappa shape index (κ2) is 14.7. The van der Waals surface area contributed by atoms with Crippen molar-refractivity contribution in [3.05, 3.63) is 59.3 Å². The number of carbonyl (C=O) groups is 1. The van der Waals surface area contributed by atoms with Crippen molar-refractivity contribution >= 4 is 17.3 Å². The normalized spacial score (nSPS) is 19.8. The van der Waals surface area contributed by atoms with E-state index in [1.165, 1.54) is 9.80 Å². The van der Waals surface area contributed by atoms with E-state index in [1.807, 2.05) is 25.1 Å². The van der Waals surface area contributed by atoms with Gasteiger partial charge in [-0.3, -0.25) is 4.79 Å². The SMILES string of the molecule is C=C(F)C(=O)N1CCN(c2cc(OCC3(CN(C)C)CCCCC3)nc3c2CCCN(c2c(F)cccc2C(F)(F)F)C3)C[C@@H]1CC#N. The summed E-state index contributed by atoms with van der Waals surface area (Å²) in [6.45, 7) is 5.15. The van der Waals surface area contributed by atoms with E-state index in [4.69, 9.17) is 9.72 Å². The quantitative estimate of drug-likeness (QED) is 0.222. The highest BCUT2D eigenvalue weighted by Gasteiger charge is 2.39. The van der Waals surface area contributed by atoms with Gasteiger partial charge in [-0.1, -0.05) is 31.9 Å². The molecular weight excluding hydrogens is 631 g/mol. The molecule has 0 unspecified atom stereocenters. The van der Waals surface area contributed by atoms with Crippen molar-refractivity contribution < 1.29 is 31.5 Å². The maximum Gasteiger partial charge on any atom is 0.418 e. The highest BCUT2D eigenvalue weighted by atomic mass is 19.4. The predicted octanol–water partition coefficient (Wildman–Crippen LogP) is 6.50. The van der Waals surface area contributed by atoms with Gasteiger partial charge < -0.3 is 24.3 Å². The van der Waals surface area contributed by atoms with Crippen molar-refractivity contribution in [3.63, 3.8) is 0 Å². The summed E-state index contributed by atoms with van der Waals surface area (Å²) in [5, 5.41) is 9.53. The third-order valence-electron chi connectivity index (χ3n) is 9.70. The number of nitrogens with zero attached hydrogens (tertiary/aromatic N) is 6. The van der Waals surface area contributed by atoms with Crippen LogP contribution in [0.15, 0.2) is 36.7 Å².